The fraction of sp³-hybridized carbons (Fsp3) is 0.679. The summed E-state index contributed by atoms with van der Waals surface area (Å²) in [5.74, 6) is -0.870. The van der Waals surface area contributed by atoms with E-state index in [2.05, 4.69) is 12.2 Å². The van der Waals surface area contributed by atoms with Crippen LogP contribution in [0.15, 0.2) is 29.8 Å². The molecule has 0 aliphatic heterocycles. The summed E-state index contributed by atoms with van der Waals surface area (Å²) >= 11 is 0. The van der Waals surface area contributed by atoms with Crippen molar-refractivity contribution in [2.24, 2.45) is 0 Å². The molecule has 3 nitrogen and oxygen atoms in total. The summed E-state index contributed by atoms with van der Waals surface area (Å²) in [6, 6.07) is 7.96. The zero-order chi connectivity index (χ0) is 22.6. The molecule has 0 fully saturated rings. The Morgan fingerprint density at radius 3 is 1.58 bits per heavy atom. The third-order valence-corrected chi connectivity index (χ3v) is 5.99. The number of hydrogen-bond acceptors (Lipinski definition) is 2. The Bertz CT molecular complexity index is 592. The number of carboxylic acid groups (broad SMARTS) is 1. The van der Waals surface area contributed by atoms with Crippen LogP contribution in [0.4, 0.5) is 5.69 Å². The number of anilines is 1. The normalized spacial score (nSPS) is 11.6. The van der Waals surface area contributed by atoms with Gasteiger partial charge in [0.1, 0.15) is 0 Å². The van der Waals surface area contributed by atoms with Crippen molar-refractivity contribution in [2.75, 3.05) is 11.9 Å². The lowest BCUT2D eigenvalue weighted by Gasteiger charge is -2.07. The Kier molecular flexibility index (Phi) is 16.7. The first-order chi connectivity index (χ1) is 15.1. The molecule has 31 heavy (non-hydrogen) atoms. The first-order valence-corrected chi connectivity index (χ1v) is 12.9. The third kappa shape index (κ3) is 15.6. The maximum absolute atomic E-state index is 10.9. The average Bonchev–Trinajstić information content (AvgIpc) is 2.77. The minimum atomic E-state index is -0.870. The number of unbranched alkanes of at least 4 members (excludes halogenated alkanes) is 15. The fourth-order valence-electron chi connectivity index (χ4n) is 3.91. The smallest absolute Gasteiger partial charge is 0.331 e. The molecule has 0 heterocycles. The highest BCUT2D eigenvalue weighted by Crippen LogP contribution is 2.15. The highest BCUT2D eigenvalue weighted by molar-refractivity contribution is 5.91. The molecule has 0 saturated heterocycles. The zero-order valence-electron chi connectivity index (χ0n) is 20.3. The standard InChI is InChI=1S/C28H47NO2/c1-3-4-5-6-7-8-9-10-11-12-13-14-15-16-17-18-23-29-27-21-19-26(20-22-27)24-25(2)28(30)31/h19-22,24,29H,3-18,23H2,1-2H3,(H,30,31). The average molecular weight is 430 g/mol. The highest BCUT2D eigenvalue weighted by atomic mass is 16.4. The van der Waals surface area contributed by atoms with Gasteiger partial charge in [-0.3, -0.25) is 0 Å². The van der Waals surface area contributed by atoms with Crippen LogP contribution < -0.4 is 5.32 Å². The van der Waals surface area contributed by atoms with Gasteiger partial charge in [0, 0.05) is 17.8 Å². The SMILES string of the molecule is CCCCCCCCCCCCCCCCCCNc1ccc(C=C(C)C(=O)O)cc1. The fourth-order valence-corrected chi connectivity index (χ4v) is 3.91. The Balaban J connectivity index is 1.88. The molecule has 0 aromatic heterocycles. The Labute approximate surface area is 191 Å². The number of carbonyl (C=O) groups is 1. The Morgan fingerprint density at radius 2 is 1.16 bits per heavy atom. The van der Waals surface area contributed by atoms with Crippen LogP contribution in [-0.4, -0.2) is 17.6 Å². The van der Waals surface area contributed by atoms with Crippen molar-refractivity contribution < 1.29 is 9.90 Å². The van der Waals surface area contributed by atoms with E-state index in [0.717, 1.165) is 17.8 Å². The molecule has 1 rings (SSSR count). The second kappa shape index (κ2) is 19.0. The van der Waals surface area contributed by atoms with Gasteiger partial charge in [-0.25, -0.2) is 4.79 Å². The minimum Gasteiger partial charge on any atom is -0.478 e. The zero-order valence-corrected chi connectivity index (χ0v) is 20.3. The van der Waals surface area contributed by atoms with Gasteiger partial charge in [0.25, 0.3) is 0 Å². The quantitative estimate of drug-likeness (QED) is 0.161. The van der Waals surface area contributed by atoms with Gasteiger partial charge in [0.05, 0.1) is 0 Å². The van der Waals surface area contributed by atoms with Crippen LogP contribution in [0.3, 0.4) is 0 Å². The van der Waals surface area contributed by atoms with Gasteiger partial charge >= 0.3 is 5.97 Å². The number of benzene rings is 1. The maximum Gasteiger partial charge on any atom is 0.331 e. The summed E-state index contributed by atoms with van der Waals surface area (Å²) < 4.78 is 0. The third-order valence-electron chi connectivity index (χ3n) is 5.99. The molecule has 2 N–H and O–H groups in total. The van der Waals surface area contributed by atoms with Crippen LogP contribution in [0.5, 0.6) is 0 Å². The predicted octanol–water partition coefficient (Wildman–Crippen LogP) is 8.85. The van der Waals surface area contributed by atoms with Crippen molar-refractivity contribution in [1.82, 2.24) is 0 Å². The van der Waals surface area contributed by atoms with E-state index < -0.39 is 5.97 Å². The van der Waals surface area contributed by atoms with Crippen LogP contribution in [0.1, 0.15) is 122 Å². The molecule has 0 atom stereocenters. The Hall–Kier alpha value is -1.77. The van der Waals surface area contributed by atoms with Gasteiger partial charge in [-0.05, 0) is 37.1 Å². The lowest BCUT2D eigenvalue weighted by molar-refractivity contribution is -0.132. The van der Waals surface area contributed by atoms with Gasteiger partial charge in [0.2, 0.25) is 0 Å². The summed E-state index contributed by atoms with van der Waals surface area (Å²) in [5, 5.41) is 12.4. The first-order valence-electron chi connectivity index (χ1n) is 12.9. The summed E-state index contributed by atoms with van der Waals surface area (Å²) in [5.41, 5.74) is 2.38. The molecule has 1 aromatic rings. The van der Waals surface area contributed by atoms with E-state index >= 15 is 0 Å². The summed E-state index contributed by atoms with van der Waals surface area (Å²) in [6.07, 6.45) is 24.0. The van der Waals surface area contributed by atoms with Crippen LogP contribution in [0.25, 0.3) is 6.08 Å². The van der Waals surface area contributed by atoms with Crippen molar-refractivity contribution in [3.05, 3.63) is 35.4 Å². The molecule has 0 spiro atoms. The van der Waals surface area contributed by atoms with Gasteiger partial charge in [-0.2, -0.15) is 0 Å². The van der Waals surface area contributed by atoms with Gasteiger partial charge in [0.15, 0.2) is 0 Å². The van der Waals surface area contributed by atoms with Crippen molar-refractivity contribution in [2.45, 2.75) is 117 Å². The van der Waals surface area contributed by atoms with E-state index in [1.54, 1.807) is 13.0 Å². The predicted molar refractivity (Wildman–Crippen MR) is 136 cm³/mol. The molecular weight excluding hydrogens is 382 g/mol. The number of hydrogen-bond donors (Lipinski definition) is 2. The van der Waals surface area contributed by atoms with E-state index in [-0.39, 0.29) is 0 Å². The van der Waals surface area contributed by atoms with Crippen LogP contribution in [-0.2, 0) is 4.79 Å². The van der Waals surface area contributed by atoms with Crippen LogP contribution in [0, 0.1) is 0 Å². The molecular formula is C28H47NO2. The number of aliphatic carboxylic acids is 1. The largest absolute Gasteiger partial charge is 0.478 e. The molecule has 0 aliphatic carbocycles. The second-order valence-electron chi connectivity index (χ2n) is 8.98. The molecule has 0 amide bonds. The molecule has 0 saturated carbocycles. The molecule has 3 heteroatoms. The molecule has 0 aliphatic rings. The summed E-state index contributed by atoms with van der Waals surface area (Å²) in [4.78, 5) is 10.9. The van der Waals surface area contributed by atoms with Gasteiger partial charge < -0.3 is 10.4 Å². The van der Waals surface area contributed by atoms with Crippen molar-refractivity contribution in [3.8, 4) is 0 Å². The maximum atomic E-state index is 10.9. The van der Waals surface area contributed by atoms with E-state index in [0.29, 0.717) is 5.57 Å². The number of nitrogens with one attached hydrogen (secondary N) is 1. The number of carboxylic acids is 1. The highest BCUT2D eigenvalue weighted by Gasteiger charge is 2.00. The second-order valence-corrected chi connectivity index (χ2v) is 8.98. The summed E-state index contributed by atoms with van der Waals surface area (Å²) in [6.45, 7) is 4.90. The van der Waals surface area contributed by atoms with Crippen molar-refractivity contribution in [1.29, 1.82) is 0 Å². The minimum absolute atomic E-state index is 0.355. The van der Waals surface area contributed by atoms with E-state index in [9.17, 15) is 4.79 Å². The Morgan fingerprint density at radius 1 is 0.742 bits per heavy atom. The molecule has 0 unspecified atom stereocenters. The van der Waals surface area contributed by atoms with Gasteiger partial charge in [-0.1, -0.05) is 115 Å². The monoisotopic (exact) mass is 429 g/mol. The first kappa shape index (κ1) is 27.3. The lowest BCUT2D eigenvalue weighted by Crippen LogP contribution is -2.01. The molecule has 176 valence electrons. The van der Waals surface area contributed by atoms with Crippen molar-refractivity contribution in [3.63, 3.8) is 0 Å². The number of rotatable bonds is 20. The molecule has 0 bridgehead atoms. The van der Waals surface area contributed by atoms with Gasteiger partial charge in [-0.15, -0.1) is 0 Å². The molecule has 0 radical (unpaired) electrons. The van der Waals surface area contributed by atoms with E-state index in [4.69, 9.17) is 5.11 Å². The van der Waals surface area contributed by atoms with Crippen LogP contribution >= 0.6 is 0 Å². The van der Waals surface area contributed by atoms with E-state index in [1.807, 2.05) is 24.3 Å². The van der Waals surface area contributed by atoms with E-state index in [1.165, 1.54) is 103 Å². The molecule has 1 aromatic carbocycles. The van der Waals surface area contributed by atoms with Crippen molar-refractivity contribution >= 4 is 17.7 Å². The topological polar surface area (TPSA) is 49.3 Å². The lowest BCUT2D eigenvalue weighted by atomic mass is 10.0. The van der Waals surface area contributed by atoms with Crippen LogP contribution in [0.2, 0.25) is 0 Å². The summed E-state index contributed by atoms with van der Waals surface area (Å²) in [7, 11) is 0.